The minimum absolute atomic E-state index is 0.0358. The molecule has 1 aromatic carbocycles. The van der Waals surface area contributed by atoms with Crippen molar-refractivity contribution in [3.8, 4) is 11.4 Å². The fraction of sp³-hybridized carbons (Fsp3) is 0.500. The number of hydrogen-bond donors (Lipinski definition) is 1. The number of amides is 1. The van der Waals surface area contributed by atoms with Crippen molar-refractivity contribution < 1.29 is 9.32 Å². The highest BCUT2D eigenvalue weighted by Crippen LogP contribution is 2.31. The van der Waals surface area contributed by atoms with Crippen LogP contribution in [0, 0.1) is 0 Å². The molecule has 1 saturated carbocycles. The van der Waals surface area contributed by atoms with Crippen molar-refractivity contribution in [2.75, 3.05) is 13.1 Å². The van der Waals surface area contributed by atoms with E-state index >= 15 is 0 Å². The molecular weight excluding hydrogens is 304 g/mol. The molecule has 1 atom stereocenters. The molecule has 1 unspecified atom stereocenters. The van der Waals surface area contributed by atoms with Crippen LogP contribution in [0.5, 0.6) is 0 Å². The first-order valence-corrected chi connectivity index (χ1v) is 8.72. The average Bonchev–Trinajstić information content (AvgIpc) is 3.28. The minimum Gasteiger partial charge on any atom is -0.352 e. The second kappa shape index (κ2) is 6.73. The lowest BCUT2D eigenvalue weighted by Crippen LogP contribution is -2.42. The molecule has 2 aliphatic rings. The van der Waals surface area contributed by atoms with E-state index in [4.69, 9.17) is 4.52 Å². The van der Waals surface area contributed by atoms with Crippen molar-refractivity contribution in [3.05, 3.63) is 36.2 Å². The quantitative estimate of drug-likeness (QED) is 0.914. The molecule has 2 fully saturated rings. The molecule has 1 N–H and O–H groups in total. The number of carbonyl (C=O) groups is 1. The van der Waals surface area contributed by atoms with Gasteiger partial charge in [-0.05, 0) is 32.2 Å². The zero-order chi connectivity index (χ0) is 16.4. The molecule has 0 bridgehead atoms. The summed E-state index contributed by atoms with van der Waals surface area (Å²) in [5, 5.41) is 7.18. The van der Waals surface area contributed by atoms with Crippen LogP contribution < -0.4 is 5.32 Å². The van der Waals surface area contributed by atoms with Gasteiger partial charge < -0.3 is 9.84 Å². The van der Waals surface area contributed by atoms with Crippen LogP contribution in [-0.4, -0.2) is 40.1 Å². The molecule has 2 heterocycles. The Balaban J connectivity index is 1.48. The molecule has 1 saturated heterocycles. The summed E-state index contributed by atoms with van der Waals surface area (Å²) in [6.45, 7) is 1.30. The smallest absolute Gasteiger partial charge is 0.244 e. The van der Waals surface area contributed by atoms with E-state index in [9.17, 15) is 4.79 Å². The fourth-order valence-electron chi connectivity index (χ4n) is 3.22. The van der Waals surface area contributed by atoms with E-state index in [0.717, 1.165) is 44.2 Å². The number of likely N-dealkylation sites (tertiary alicyclic amines) is 1. The van der Waals surface area contributed by atoms with E-state index in [2.05, 4.69) is 20.4 Å². The summed E-state index contributed by atoms with van der Waals surface area (Å²) in [5.41, 5.74) is 0.946. The molecule has 1 aliphatic heterocycles. The molecule has 1 aliphatic carbocycles. The number of nitrogens with zero attached hydrogens (tertiary/aromatic N) is 3. The second-order valence-electron chi connectivity index (χ2n) is 6.65. The molecule has 6 heteroatoms. The van der Waals surface area contributed by atoms with E-state index in [-0.39, 0.29) is 11.9 Å². The van der Waals surface area contributed by atoms with Gasteiger partial charge in [0.05, 0.1) is 12.6 Å². The topological polar surface area (TPSA) is 71.3 Å². The van der Waals surface area contributed by atoms with Crippen LogP contribution in [0.15, 0.2) is 34.9 Å². The molecule has 0 radical (unpaired) electrons. The lowest BCUT2D eigenvalue weighted by Gasteiger charge is -2.32. The molecule has 24 heavy (non-hydrogen) atoms. The fourth-order valence-corrected chi connectivity index (χ4v) is 3.22. The Kier molecular flexibility index (Phi) is 4.30. The summed E-state index contributed by atoms with van der Waals surface area (Å²) in [6.07, 6.45) is 5.40. The average molecular weight is 326 g/mol. The van der Waals surface area contributed by atoms with Crippen LogP contribution in [0.1, 0.15) is 44.0 Å². The van der Waals surface area contributed by atoms with E-state index in [1.165, 1.54) is 0 Å². The summed E-state index contributed by atoms with van der Waals surface area (Å²) in [5.74, 6) is 1.33. The Morgan fingerprint density at radius 3 is 2.83 bits per heavy atom. The SMILES string of the molecule is O=C(CN1CCCCC1c1nc(-c2ccccc2)no1)NC1CC1. The lowest BCUT2D eigenvalue weighted by atomic mass is 10.0. The summed E-state index contributed by atoms with van der Waals surface area (Å²) in [6, 6.07) is 10.3. The zero-order valence-corrected chi connectivity index (χ0v) is 13.6. The third-order valence-electron chi connectivity index (χ3n) is 4.66. The monoisotopic (exact) mass is 326 g/mol. The number of piperidine rings is 1. The first-order valence-electron chi connectivity index (χ1n) is 8.72. The van der Waals surface area contributed by atoms with Crippen LogP contribution in [-0.2, 0) is 4.79 Å². The predicted molar refractivity (Wildman–Crippen MR) is 89.1 cm³/mol. The largest absolute Gasteiger partial charge is 0.352 e. The van der Waals surface area contributed by atoms with E-state index in [1.54, 1.807) is 0 Å². The van der Waals surface area contributed by atoms with Gasteiger partial charge in [-0.15, -0.1) is 0 Å². The highest BCUT2D eigenvalue weighted by molar-refractivity contribution is 5.78. The van der Waals surface area contributed by atoms with Gasteiger partial charge in [0.15, 0.2) is 0 Å². The number of benzene rings is 1. The minimum atomic E-state index is 0.0358. The van der Waals surface area contributed by atoms with Gasteiger partial charge in [-0.25, -0.2) is 0 Å². The van der Waals surface area contributed by atoms with Crippen molar-refractivity contribution in [3.63, 3.8) is 0 Å². The van der Waals surface area contributed by atoms with E-state index in [0.29, 0.717) is 24.3 Å². The summed E-state index contributed by atoms with van der Waals surface area (Å²) < 4.78 is 5.53. The molecule has 1 aromatic heterocycles. The predicted octanol–water partition coefficient (Wildman–Crippen LogP) is 2.54. The number of nitrogens with one attached hydrogen (secondary N) is 1. The van der Waals surface area contributed by atoms with Crippen molar-refractivity contribution in [2.45, 2.75) is 44.2 Å². The Hall–Kier alpha value is -2.21. The van der Waals surface area contributed by atoms with Crippen LogP contribution >= 0.6 is 0 Å². The van der Waals surface area contributed by atoms with Gasteiger partial charge in [0.25, 0.3) is 0 Å². The molecular formula is C18H22N4O2. The Morgan fingerprint density at radius 1 is 1.21 bits per heavy atom. The van der Waals surface area contributed by atoms with Gasteiger partial charge in [0, 0.05) is 11.6 Å². The standard InChI is InChI=1S/C18H22N4O2/c23-16(19-14-9-10-14)12-22-11-5-4-8-15(22)18-20-17(21-24-18)13-6-2-1-3-7-13/h1-3,6-7,14-15H,4-5,8-12H2,(H,19,23). The third kappa shape index (κ3) is 3.48. The molecule has 2 aromatic rings. The Morgan fingerprint density at radius 2 is 2.04 bits per heavy atom. The van der Waals surface area contributed by atoms with Gasteiger partial charge in [0.2, 0.25) is 17.6 Å². The van der Waals surface area contributed by atoms with E-state index in [1.807, 2.05) is 30.3 Å². The lowest BCUT2D eigenvalue weighted by molar-refractivity contribution is -0.123. The Bertz CT molecular complexity index is 696. The number of rotatable bonds is 5. The van der Waals surface area contributed by atoms with Crippen molar-refractivity contribution >= 4 is 5.91 Å². The molecule has 1 amide bonds. The van der Waals surface area contributed by atoms with Gasteiger partial charge in [-0.3, -0.25) is 9.69 Å². The van der Waals surface area contributed by atoms with Gasteiger partial charge in [-0.2, -0.15) is 4.98 Å². The third-order valence-corrected chi connectivity index (χ3v) is 4.66. The second-order valence-corrected chi connectivity index (χ2v) is 6.65. The first kappa shape index (κ1) is 15.3. The van der Waals surface area contributed by atoms with Crippen molar-refractivity contribution in [1.29, 1.82) is 0 Å². The van der Waals surface area contributed by atoms with Crippen LogP contribution in [0.4, 0.5) is 0 Å². The van der Waals surface area contributed by atoms with Crippen LogP contribution in [0.25, 0.3) is 11.4 Å². The summed E-state index contributed by atoms with van der Waals surface area (Å²) in [4.78, 5) is 18.9. The van der Waals surface area contributed by atoms with Gasteiger partial charge >= 0.3 is 0 Å². The van der Waals surface area contributed by atoms with Crippen LogP contribution in [0.3, 0.4) is 0 Å². The number of aromatic nitrogens is 2. The number of hydrogen-bond acceptors (Lipinski definition) is 5. The Labute approximate surface area is 141 Å². The highest BCUT2D eigenvalue weighted by Gasteiger charge is 2.31. The summed E-state index contributed by atoms with van der Waals surface area (Å²) in [7, 11) is 0. The van der Waals surface area contributed by atoms with E-state index < -0.39 is 0 Å². The maximum atomic E-state index is 12.1. The first-order chi connectivity index (χ1) is 11.8. The van der Waals surface area contributed by atoms with Crippen LogP contribution in [0.2, 0.25) is 0 Å². The van der Waals surface area contributed by atoms with Crippen molar-refractivity contribution in [2.24, 2.45) is 0 Å². The molecule has 0 spiro atoms. The zero-order valence-electron chi connectivity index (χ0n) is 13.6. The van der Waals surface area contributed by atoms with Crippen molar-refractivity contribution in [1.82, 2.24) is 20.4 Å². The maximum absolute atomic E-state index is 12.1. The maximum Gasteiger partial charge on any atom is 0.244 e. The van der Waals surface area contributed by atoms with Gasteiger partial charge in [-0.1, -0.05) is 41.9 Å². The normalized spacial score (nSPS) is 21.6. The van der Waals surface area contributed by atoms with Gasteiger partial charge in [0.1, 0.15) is 0 Å². The molecule has 4 rings (SSSR count). The molecule has 126 valence electrons. The number of carbonyl (C=O) groups excluding carboxylic acids is 1. The summed E-state index contributed by atoms with van der Waals surface area (Å²) >= 11 is 0. The molecule has 6 nitrogen and oxygen atoms in total. The highest BCUT2D eigenvalue weighted by atomic mass is 16.5.